The average Bonchev–Trinajstić information content (AvgIpc) is 2.85. The van der Waals surface area contributed by atoms with Gasteiger partial charge >= 0.3 is 0 Å². The van der Waals surface area contributed by atoms with Crippen molar-refractivity contribution in [1.82, 2.24) is 9.97 Å². The van der Waals surface area contributed by atoms with E-state index in [9.17, 15) is 13.7 Å². The number of rotatable bonds is 8. The number of alkyl halides is 1. The highest BCUT2D eigenvalue weighted by atomic mass is 35.5. The summed E-state index contributed by atoms with van der Waals surface area (Å²) in [7, 11) is -1.98. The number of hydrogen-bond acceptors (Lipinski definition) is 7. The van der Waals surface area contributed by atoms with E-state index in [0.717, 1.165) is 17.4 Å². The lowest BCUT2D eigenvalue weighted by Crippen LogP contribution is -2.19. The Kier molecular flexibility index (Phi) is 8.41. The van der Waals surface area contributed by atoms with Crippen LogP contribution >= 0.6 is 11.6 Å². The first kappa shape index (κ1) is 26.8. The van der Waals surface area contributed by atoms with Crippen molar-refractivity contribution < 1.29 is 17.9 Å². The van der Waals surface area contributed by atoms with Gasteiger partial charge in [-0.1, -0.05) is 31.9 Å². The van der Waals surface area contributed by atoms with E-state index >= 15 is 0 Å². The summed E-state index contributed by atoms with van der Waals surface area (Å²) < 4.78 is 36.6. The molecule has 0 spiro atoms. The van der Waals surface area contributed by atoms with Crippen LogP contribution in [0.5, 0.6) is 11.5 Å². The number of nitrogens with zero attached hydrogens (tertiary/aromatic N) is 3. The molecule has 0 saturated carbocycles. The van der Waals surface area contributed by atoms with E-state index in [-0.39, 0.29) is 18.1 Å². The monoisotopic (exact) mass is 524 g/mol. The van der Waals surface area contributed by atoms with Crippen LogP contribution in [0.4, 0.5) is 5.82 Å². The molecule has 3 aromatic rings. The minimum Gasteiger partial charge on any atom is -0.493 e. The summed E-state index contributed by atoms with van der Waals surface area (Å²) in [5.41, 5.74) is 2.71. The molecule has 0 fully saturated rings. The van der Waals surface area contributed by atoms with Gasteiger partial charge in [-0.25, -0.2) is 18.4 Å². The number of methoxy groups -OCH3 is 1. The quantitative estimate of drug-likeness (QED) is 0.349. The molecule has 0 aliphatic carbocycles. The maximum Gasteiger partial charge on any atom is 0.231 e. The van der Waals surface area contributed by atoms with E-state index in [4.69, 9.17) is 21.1 Å². The van der Waals surface area contributed by atoms with E-state index in [0.29, 0.717) is 28.5 Å². The van der Waals surface area contributed by atoms with Gasteiger partial charge in [-0.15, -0.1) is 11.6 Å². The largest absolute Gasteiger partial charge is 0.493 e. The lowest BCUT2D eigenvalue weighted by Gasteiger charge is -2.27. The molecule has 1 heterocycles. The molecule has 0 aliphatic rings. The SMILES string of the molecule is COc1cc(C(C)(C)c2ccc(C#Cc3nccnc3NS(C)(=O)=O)cc2)cc(C#N)c1OCCCl. The van der Waals surface area contributed by atoms with Gasteiger partial charge in [0.05, 0.1) is 24.8 Å². The first-order valence-electron chi connectivity index (χ1n) is 10.8. The molecule has 0 amide bonds. The van der Waals surface area contributed by atoms with E-state index in [1.165, 1.54) is 19.5 Å². The fourth-order valence-corrected chi connectivity index (χ4v) is 4.01. The standard InChI is InChI=1S/C26H25ClN4O4S/c1-26(2,21-15-19(17-28)24(35-14-11-27)23(16-21)34-3)20-8-5-18(6-9-20)7-10-22-25(30-13-12-29-22)31-36(4,32)33/h5-6,8-9,12-13,15-16H,11,14H2,1-4H3,(H,30,31). The second-order valence-corrected chi connectivity index (χ2v) is 10.4. The van der Waals surface area contributed by atoms with Gasteiger partial charge in [0.25, 0.3) is 0 Å². The number of sulfonamides is 1. The second-order valence-electron chi connectivity index (χ2n) is 8.28. The maximum atomic E-state index is 11.6. The van der Waals surface area contributed by atoms with Crippen LogP contribution in [-0.2, 0) is 15.4 Å². The molecular weight excluding hydrogens is 500 g/mol. The van der Waals surface area contributed by atoms with Gasteiger partial charge in [0.2, 0.25) is 10.0 Å². The van der Waals surface area contributed by atoms with Crippen LogP contribution in [0.3, 0.4) is 0 Å². The Balaban J connectivity index is 1.92. The number of hydrogen-bond donors (Lipinski definition) is 1. The average molecular weight is 525 g/mol. The lowest BCUT2D eigenvalue weighted by atomic mass is 9.77. The molecule has 8 nitrogen and oxygen atoms in total. The number of halogens is 1. The Hall–Kier alpha value is -3.79. The number of nitriles is 1. The molecule has 0 saturated heterocycles. The Bertz CT molecular complexity index is 1450. The van der Waals surface area contributed by atoms with Crippen molar-refractivity contribution in [3.63, 3.8) is 0 Å². The summed E-state index contributed by atoms with van der Waals surface area (Å²) in [6.45, 7) is 4.36. The Morgan fingerprint density at radius 3 is 2.39 bits per heavy atom. The van der Waals surface area contributed by atoms with Crippen molar-refractivity contribution in [2.24, 2.45) is 0 Å². The minimum absolute atomic E-state index is 0.0750. The van der Waals surface area contributed by atoms with Crippen molar-refractivity contribution in [1.29, 1.82) is 5.26 Å². The zero-order chi connectivity index (χ0) is 26.3. The Labute approximate surface area is 216 Å². The van der Waals surface area contributed by atoms with Crippen LogP contribution in [0.2, 0.25) is 0 Å². The number of nitrogens with one attached hydrogen (secondary N) is 1. The summed E-state index contributed by atoms with van der Waals surface area (Å²) in [6.07, 6.45) is 3.87. The molecule has 186 valence electrons. The third-order valence-electron chi connectivity index (χ3n) is 5.35. The fraction of sp³-hybridized carbons (Fsp3) is 0.269. The first-order valence-corrected chi connectivity index (χ1v) is 13.2. The predicted octanol–water partition coefficient (Wildman–Crippen LogP) is 4.07. The molecule has 0 unspecified atom stereocenters. The van der Waals surface area contributed by atoms with Gasteiger partial charge in [-0.2, -0.15) is 5.26 Å². The van der Waals surface area contributed by atoms with Crippen molar-refractivity contribution in [3.05, 3.63) is 76.7 Å². The normalized spacial score (nSPS) is 11.1. The molecule has 1 aromatic heterocycles. The zero-order valence-corrected chi connectivity index (χ0v) is 21.9. The Morgan fingerprint density at radius 2 is 1.78 bits per heavy atom. The van der Waals surface area contributed by atoms with Gasteiger partial charge in [-0.05, 0) is 41.3 Å². The second kappa shape index (κ2) is 11.3. The summed E-state index contributed by atoms with van der Waals surface area (Å²) in [6, 6.07) is 13.5. The van der Waals surface area contributed by atoms with Crippen molar-refractivity contribution in [2.75, 3.05) is 30.6 Å². The van der Waals surface area contributed by atoms with E-state index < -0.39 is 15.4 Å². The molecule has 0 radical (unpaired) electrons. The zero-order valence-electron chi connectivity index (χ0n) is 20.3. The van der Waals surface area contributed by atoms with E-state index in [2.05, 4.69) is 32.6 Å². The lowest BCUT2D eigenvalue weighted by molar-refractivity contribution is 0.311. The Morgan fingerprint density at radius 1 is 1.08 bits per heavy atom. The van der Waals surface area contributed by atoms with Crippen LogP contribution in [0.1, 0.15) is 41.8 Å². The molecule has 1 N–H and O–H groups in total. The number of ether oxygens (including phenoxy) is 2. The van der Waals surface area contributed by atoms with Crippen LogP contribution in [0.25, 0.3) is 0 Å². The topological polar surface area (TPSA) is 114 Å². The summed E-state index contributed by atoms with van der Waals surface area (Å²) >= 11 is 5.74. The van der Waals surface area contributed by atoms with Crippen LogP contribution in [0.15, 0.2) is 48.8 Å². The highest BCUT2D eigenvalue weighted by Crippen LogP contribution is 2.39. The predicted molar refractivity (Wildman–Crippen MR) is 139 cm³/mol. The smallest absolute Gasteiger partial charge is 0.231 e. The molecular formula is C26H25ClN4O4S. The number of aromatic nitrogens is 2. The maximum absolute atomic E-state index is 11.6. The van der Waals surface area contributed by atoms with Crippen molar-refractivity contribution in [3.8, 4) is 29.4 Å². The molecule has 36 heavy (non-hydrogen) atoms. The third kappa shape index (κ3) is 6.45. The minimum atomic E-state index is -3.51. The fourth-order valence-electron chi connectivity index (χ4n) is 3.44. The van der Waals surface area contributed by atoms with Crippen molar-refractivity contribution >= 4 is 27.4 Å². The van der Waals surface area contributed by atoms with E-state index in [1.54, 1.807) is 6.07 Å². The number of anilines is 1. The molecule has 3 rings (SSSR count). The van der Waals surface area contributed by atoms with Crippen molar-refractivity contribution in [2.45, 2.75) is 19.3 Å². The first-order chi connectivity index (χ1) is 17.1. The van der Waals surface area contributed by atoms with Gasteiger partial charge in [0, 0.05) is 23.4 Å². The molecule has 0 atom stereocenters. The molecule has 2 aromatic carbocycles. The molecule has 0 aliphatic heterocycles. The van der Waals surface area contributed by atoms with Gasteiger partial charge in [0.15, 0.2) is 23.0 Å². The number of benzene rings is 2. The summed E-state index contributed by atoms with van der Waals surface area (Å²) in [5.74, 6) is 7.07. The van der Waals surface area contributed by atoms with Gasteiger partial charge in [0.1, 0.15) is 12.7 Å². The molecule has 0 bridgehead atoms. The highest BCUT2D eigenvalue weighted by Gasteiger charge is 2.26. The van der Waals surface area contributed by atoms with Gasteiger partial charge < -0.3 is 9.47 Å². The van der Waals surface area contributed by atoms with Gasteiger partial charge in [-0.3, -0.25) is 4.72 Å². The third-order valence-corrected chi connectivity index (χ3v) is 6.07. The molecule has 10 heteroatoms. The highest BCUT2D eigenvalue weighted by molar-refractivity contribution is 7.92. The van der Waals surface area contributed by atoms with Crippen LogP contribution < -0.4 is 14.2 Å². The van der Waals surface area contributed by atoms with Crippen LogP contribution in [-0.4, -0.2) is 44.2 Å². The van der Waals surface area contributed by atoms with E-state index in [1.807, 2.05) is 44.2 Å². The summed E-state index contributed by atoms with van der Waals surface area (Å²) in [5, 5.41) is 9.69. The summed E-state index contributed by atoms with van der Waals surface area (Å²) in [4.78, 5) is 8.12. The van der Waals surface area contributed by atoms with Crippen LogP contribution in [0, 0.1) is 23.2 Å².